The van der Waals surface area contributed by atoms with Gasteiger partial charge in [-0.3, -0.25) is 14.4 Å². The molecule has 1 aliphatic rings. The van der Waals surface area contributed by atoms with Gasteiger partial charge in [0.15, 0.2) is 11.5 Å². The van der Waals surface area contributed by atoms with Crippen LogP contribution in [0.2, 0.25) is 10.0 Å². The molecule has 248 valence electrons. The number of carbonyl (C=O) groups is 4. The number of amides is 2. The predicted octanol–water partition coefficient (Wildman–Crippen LogP) is 8.31. The van der Waals surface area contributed by atoms with E-state index in [4.69, 9.17) is 27.9 Å². The van der Waals surface area contributed by atoms with E-state index in [2.05, 4.69) is 17.3 Å². The minimum absolute atomic E-state index is 0.0153. The molecule has 1 N–H and O–H groups in total. The molecule has 9 nitrogen and oxygen atoms in total. The van der Waals surface area contributed by atoms with Crippen LogP contribution in [0.3, 0.4) is 0 Å². The van der Waals surface area contributed by atoms with Crippen molar-refractivity contribution in [1.82, 2.24) is 20.0 Å². The van der Waals surface area contributed by atoms with Crippen molar-refractivity contribution in [3.05, 3.63) is 51.3 Å². The summed E-state index contributed by atoms with van der Waals surface area (Å²) in [6, 6.07) is 4.60. The number of nitrogens with zero attached hydrogens (tertiary/aromatic N) is 3. The number of Topliss-reactive ketones (excluding diaryl/α,β-unsaturated/α-hetero) is 1. The normalized spacial score (nSPS) is 14.0. The topological polar surface area (TPSA) is 111 Å². The average Bonchev–Trinajstić information content (AvgIpc) is 3.39. The molecule has 2 amide bonds. The molecule has 1 saturated heterocycles. The minimum Gasteiger partial charge on any atom is -0.444 e. The molecule has 1 aromatic heterocycles. The standard InChI is InChI=1S/C34H48Cl2N4O5/c1-5-6-7-8-9-10-11-12-13-17-29(42)40-23-24(22-28(41)30-26(35)15-14-16-27(30)36)31(38-40)32(43)37-25-18-20-39(21-19-25)33(44)45-34(2,3)4/h14-16,23,25H,5-13,17-22H2,1-4H3,(H,37,43). The fraction of sp³-hybridized carbons (Fsp3) is 0.618. The third kappa shape index (κ3) is 11.8. The fourth-order valence-electron chi connectivity index (χ4n) is 5.37. The highest BCUT2D eigenvalue weighted by molar-refractivity contribution is 6.39. The summed E-state index contributed by atoms with van der Waals surface area (Å²) in [6.45, 7) is 8.53. The molecule has 0 unspecified atom stereocenters. The number of aromatic nitrogens is 2. The van der Waals surface area contributed by atoms with Crippen molar-refractivity contribution >= 4 is 46.9 Å². The molecule has 0 radical (unpaired) electrons. The third-order valence-corrected chi connectivity index (χ3v) is 8.46. The maximum atomic E-state index is 13.5. The number of piperidine rings is 1. The van der Waals surface area contributed by atoms with Crippen molar-refractivity contribution in [1.29, 1.82) is 0 Å². The molecular weight excluding hydrogens is 615 g/mol. The zero-order valence-corrected chi connectivity index (χ0v) is 28.6. The number of rotatable bonds is 15. The van der Waals surface area contributed by atoms with Gasteiger partial charge in [0, 0.05) is 43.7 Å². The van der Waals surface area contributed by atoms with Crippen LogP contribution in [-0.2, 0) is 11.2 Å². The molecule has 0 spiro atoms. The lowest BCUT2D eigenvalue weighted by molar-refractivity contribution is 0.0199. The van der Waals surface area contributed by atoms with Crippen molar-refractivity contribution in [2.45, 2.75) is 123 Å². The maximum absolute atomic E-state index is 13.5. The maximum Gasteiger partial charge on any atom is 0.410 e. The first kappa shape index (κ1) is 36.6. The molecule has 2 aromatic rings. The van der Waals surface area contributed by atoms with Gasteiger partial charge in [-0.05, 0) is 52.2 Å². The van der Waals surface area contributed by atoms with Crippen LogP contribution in [0.25, 0.3) is 0 Å². The molecule has 11 heteroatoms. The van der Waals surface area contributed by atoms with Gasteiger partial charge in [-0.25, -0.2) is 9.48 Å². The van der Waals surface area contributed by atoms with Crippen LogP contribution in [0.1, 0.15) is 136 Å². The van der Waals surface area contributed by atoms with Crippen molar-refractivity contribution in [3.8, 4) is 0 Å². The van der Waals surface area contributed by atoms with E-state index in [1.165, 1.54) is 43.0 Å². The Morgan fingerprint density at radius 2 is 1.51 bits per heavy atom. The number of unbranched alkanes of at least 4 members (excludes halogenated alkanes) is 8. The number of benzene rings is 1. The Kier molecular flexibility index (Phi) is 14.4. The summed E-state index contributed by atoms with van der Waals surface area (Å²) in [5.41, 5.74) is -0.0916. The number of likely N-dealkylation sites (tertiary alicyclic amines) is 1. The number of ketones is 1. The molecule has 0 saturated carbocycles. The molecule has 1 aromatic carbocycles. The number of nitrogens with one attached hydrogen (secondary N) is 1. The number of hydrogen-bond acceptors (Lipinski definition) is 6. The Hall–Kier alpha value is -2.91. The Balaban J connectivity index is 1.65. The molecule has 1 fully saturated rings. The molecule has 1 aliphatic heterocycles. The Morgan fingerprint density at radius 3 is 2.09 bits per heavy atom. The lowest BCUT2D eigenvalue weighted by atomic mass is 10.0. The zero-order valence-electron chi connectivity index (χ0n) is 27.1. The van der Waals surface area contributed by atoms with E-state index in [1.807, 2.05) is 20.8 Å². The first-order valence-electron chi connectivity index (χ1n) is 16.3. The van der Waals surface area contributed by atoms with Crippen LogP contribution < -0.4 is 5.32 Å². The predicted molar refractivity (Wildman–Crippen MR) is 177 cm³/mol. The van der Waals surface area contributed by atoms with Crippen molar-refractivity contribution in [2.75, 3.05) is 13.1 Å². The molecule has 45 heavy (non-hydrogen) atoms. The van der Waals surface area contributed by atoms with Crippen molar-refractivity contribution in [2.24, 2.45) is 0 Å². The first-order chi connectivity index (χ1) is 21.4. The Labute approximate surface area is 277 Å². The summed E-state index contributed by atoms with van der Waals surface area (Å²) >= 11 is 12.6. The van der Waals surface area contributed by atoms with Gasteiger partial charge in [0.05, 0.1) is 15.6 Å². The van der Waals surface area contributed by atoms with Crippen LogP contribution in [0.5, 0.6) is 0 Å². The van der Waals surface area contributed by atoms with E-state index < -0.39 is 11.5 Å². The second kappa shape index (κ2) is 17.7. The fourth-order valence-corrected chi connectivity index (χ4v) is 5.98. The van der Waals surface area contributed by atoms with E-state index in [1.54, 1.807) is 23.1 Å². The van der Waals surface area contributed by atoms with Gasteiger partial charge < -0.3 is 15.0 Å². The number of hydrogen-bond donors (Lipinski definition) is 1. The highest BCUT2D eigenvalue weighted by Gasteiger charge is 2.29. The zero-order chi connectivity index (χ0) is 33.0. The van der Waals surface area contributed by atoms with Crippen LogP contribution in [0.4, 0.5) is 4.79 Å². The van der Waals surface area contributed by atoms with Gasteiger partial charge in [-0.1, -0.05) is 87.6 Å². The van der Waals surface area contributed by atoms with Crippen LogP contribution >= 0.6 is 23.2 Å². The lowest BCUT2D eigenvalue weighted by Crippen LogP contribution is -2.48. The lowest BCUT2D eigenvalue weighted by Gasteiger charge is -2.33. The second-order valence-corrected chi connectivity index (χ2v) is 13.6. The Bertz CT molecular complexity index is 1290. The van der Waals surface area contributed by atoms with Crippen molar-refractivity contribution in [3.63, 3.8) is 0 Å². The van der Waals surface area contributed by atoms with Gasteiger partial charge in [-0.2, -0.15) is 5.10 Å². The monoisotopic (exact) mass is 662 g/mol. The summed E-state index contributed by atoms with van der Waals surface area (Å²) in [5, 5.41) is 7.77. The van der Waals surface area contributed by atoms with Crippen LogP contribution in [0, 0.1) is 0 Å². The van der Waals surface area contributed by atoms with Gasteiger partial charge >= 0.3 is 6.09 Å². The van der Waals surface area contributed by atoms with Gasteiger partial charge in [-0.15, -0.1) is 0 Å². The van der Waals surface area contributed by atoms with E-state index in [0.717, 1.165) is 25.7 Å². The quantitative estimate of drug-likeness (QED) is 0.152. The average molecular weight is 664 g/mol. The molecule has 0 aliphatic carbocycles. The van der Waals surface area contributed by atoms with E-state index >= 15 is 0 Å². The van der Waals surface area contributed by atoms with Crippen LogP contribution in [0.15, 0.2) is 24.4 Å². The summed E-state index contributed by atoms with van der Waals surface area (Å²) in [7, 11) is 0. The largest absolute Gasteiger partial charge is 0.444 e. The molecule has 0 atom stereocenters. The SMILES string of the molecule is CCCCCCCCCCCC(=O)n1cc(CC(=O)c2c(Cl)cccc2Cl)c(C(=O)NC2CCN(C(=O)OC(C)(C)C)CC2)n1. The summed E-state index contributed by atoms with van der Waals surface area (Å²) in [6.07, 6.45) is 12.5. The summed E-state index contributed by atoms with van der Waals surface area (Å²) < 4.78 is 6.65. The molecule has 3 rings (SSSR count). The molecule has 2 heterocycles. The number of ether oxygens (including phenoxy) is 1. The van der Waals surface area contributed by atoms with E-state index in [-0.39, 0.29) is 51.5 Å². The first-order valence-corrected chi connectivity index (χ1v) is 17.0. The highest BCUT2D eigenvalue weighted by atomic mass is 35.5. The molecular formula is C34H48Cl2N4O5. The van der Waals surface area contributed by atoms with Crippen LogP contribution in [-0.4, -0.2) is 63.1 Å². The summed E-state index contributed by atoms with van der Waals surface area (Å²) in [4.78, 5) is 53.9. The van der Waals surface area contributed by atoms with E-state index in [0.29, 0.717) is 37.9 Å². The van der Waals surface area contributed by atoms with Crippen molar-refractivity contribution < 1.29 is 23.9 Å². The van der Waals surface area contributed by atoms with Gasteiger partial charge in [0.2, 0.25) is 5.91 Å². The minimum atomic E-state index is -0.589. The highest BCUT2D eigenvalue weighted by Crippen LogP contribution is 2.26. The second-order valence-electron chi connectivity index (χ2n) is 12.8. The third-order valence-electron chi connectivity index (χ3n) is 7.83. The molecule has 0 bridgehead atoms. The van der Waals surface area contributed by atoms with Gasteiger partial charge in [0.25, 0.3) is 5.91 Å². The summed E-state index contributed by atoms with van der Waals surface area (Å²) in [5.74, 6) is -1.09. The van der Waals surface area contributed by atoms with E-state index in [9.17, 15) is 19.2 Å². The number of halogens is 2. The Morgan fingerprint density at radius 1 is 0.933 bits per heavy atom. The smallest absolute Gasteiger partial charge is 0.410 e. The van der Waals surface area contributed by atoms with Gasteiger partial charge in [0.1, 0.15) is 5.60 Å². The number of carbonyl (C=O) groups excluding carboxylic acids is 4.